The van der Waals surface area contributed by atoms with Gasteiger partial charge in [-0.25, -0.2) is 4.79 Å². The molecule has 1 heterocycles. The van der Waals surface area contributed by atoms with Crippen LogP contribution in [0.2, 0.25) is 5.02 Å². The van der Waals surface area contributed by atoms with Crippen molar-refractivity contribution in [3.63, 3.8) is 0 Å². The molecule has 2 N–H and O–H groups in total. The lowest BCUT2D eigenvalue weighted by Crippen LogP contribution is -1.94. The van der Waals surface area contributed by atoms with Crippen molar-refractivity contribution in [2.24, 2.45) is 0 Å². The average molecular weight is 210 g/mol. The predicted octanol–water partition coefficient (Wildman–Crippen LogP) is 2.83. The van der Waals surface area contributed by atoms with Crippen LogP contribution in [0.3, 0.4) is 0 Å². The van der Waals surface area contributed by atoms with Crippen LogP contribution >= 0.6 is 11.6 Å². The lowest BCUT2D eigenvalue weighted by molar-refractivity contribution is 0.0691. The van der Waals surface area contributed by atoms with Gasteiger partial charge in [0.25, 0.3) is 0 Å². The van der Waals surface area contributed by atoms with Gasteiger partial charge in [-0.3, -0.25) is 0 Å². The van der Waals surface area contributed by atoms with Gasteiger partial charge in [0.2, 0.25) is 0 Å². The number of H-pyrrole nitrogens is 1. The normalized spacial score (nSPS) is 10.7. The molecule has 0 amide bonds. The Morgan fingerprint density at radius 3 is 2.79 bits per heavy atom. The van der Waals surface area contributed by atoms with Gasteiger partial charge in [0, 0.05) is 15.9 Å². The first-order valence-corrected chi connectivity index (χ1v) is 4.48. The number of aromatic amines is 1. The van der Waals surface area contributed by atoms with Crippen molar-refractivity contribution in [3.8, 4) is 0 Å². The lowest BCUT2D eigenvalue weighted by atomic mass is 10.2. The van der Waals surface area contributed by atoms with Crippen LogP contribution in [0.4, 0.5) is 0 Å². The third-order valence-electron chi connectivity index (χ3n) is 2.12. The molecule has 1 aromatic carbocycles. The van der Waals surface area contributed by atoms with Crippen LogP contribution < -0.4 is 0 Å². The largest absolute Gasteiger partial charge is 0.477 e. The summed E-state index contributed by atoms with van der Waals surface area (Å²) in [7, 11) is 0. The number of rotatable bonds is 1. The molecule has 0 radical (unpaired) electrons. The molecule has 0 aliphatic rings. The second-order valence-electron chi connectivity index (χ2n) is 3.18. The number of benzene rings is 1. The summed E-state index contributed by atoms with van der Waals surface area (Å²) in [4.78, 5) is 13.5. The van der Waals surface area contributed by atoms with E-state index in [1.807, 2.05) is 6.92 Å². The summed E-state index contributed by atoms with van der Waals surface area (Å²) >= 11 is 5.85. The van der Waals surface area contributed by atoms with Crippen LogP contribution in [0, 0.1) is 6.92 Å². The van der Waals surface area contributed by atoms with Crippen LogP contribution in [-0.4, -0.2) is 16.1 Å². The van der Waals surface area contributed by atoms with Gasteiger partial charge in [-0.15, -0.1) is 0 Å². The highest BCUT2D eigenvalue weighted by Crippen LogP contribution is 2.23. The minimum atomic E-state index is -0.961. The Kier molecular flexibility index (Phi) is 1.97. The van der Waals surface area contributed by atoms with Crippen molar-refractivity contribution < 1.29 is 9.90 Å². The van der Waals surface area contributed by atoms with E-state index in [1.54, 1.807) is 18.2 Å². The highest BCUT2D eigenvalue weighted by Gasteiger charge is 2.09. The van der Waals surface area contributed by atoms with Crippen molar-refractivity contribution in [2.45, 2.75) is 6.92 Å². The Hall–Kier alpha value is -1.48. The number of hydrogen-bond acceptors (Lipinski definition) is 1. The van der Waals surface area contributed by atoms with Crippen molar-refractivity contribution >= 4 is 28.5 Å². The van der Waals surface area contributed by atoms with Gasteiger partial charge in [-0.05, 0) is 30.7 Å². The number of aryl methyl sites for hydroxylation is 1. The van der Waals surface area contributed by atoms with E-state index in [-0.39, 0.29) is 5.69 Å². The van der Waals surface area contributed by atoms with Gasteiger partial charge in [-0.1, -0.05) is 11.6 Å². The first-order chi connectivity index (χ1) is 6.58. The van der Waals surface area contributed by atoms with E-state index in [4.69, 9.17) is 16.7 Å². The zero-order chi connectivity index (χ0) is 10.3. The maximum absolute atomic E-state index is 10.7. The molecule has 0 bridgehead atoms. The molecule has 14 heavy (non-hydrogen) atoms. The van der Waals surface area contributed by atoms with E-state index >= 15 is 0 Å². The van der Waals surface area contributed by atoms with E-state index in [0.717, 1.165) is 16.5 Å². The number of fused-ring (bicyclic) bond motifs is 1. The molecule has 3 nitrogen and oxygen atoms in total. The van der Waals surface area contributed by atoms with Gasteiger partial charge >= 0.3 is 5.97 Å². The maximum Gasteiger partial charge on any atom is 0.352 e. The molecule has 2 aromatic rings. The zero-order valence-electron chi connectivity index (χ0n) is 7.47. The summed E-state index contributed by atoms with van der Waals surface area (Å²) in [6, 6.07) is 5.12. The molecule has 0 atom stereocenters. The van der Waals surface area contributed by atoms with Crippen LogP contribution in [0.25, 0.3) is 10.9 Å². The number of aromatic carboxylic acids is 1. The first kappa shape index (κ1) is 9.09. The standard InChI is InChI=1S/C10H8ClNO2/c1-5-2-7(11)3-6-4-8(10(13)14)12-9(5)6/h2-4,12H,1H3,(H,13,14). The Balaban J connectivity index is 2.76. The smallest absolute Gasteiger partial charge is 0.352 e. The number of carbonyl (C=O) groups is 1. The Bertz CT molecular complexity index is 516. The SMILES string of the molecule is Cc1cc(Cl)cc2cc(C(=O)O)[nH]c12. The van der Waals surface area contributed by atoms with Crippen molar-refractivity contribution in [1.82, 2.24) is 4.98 Å². The van der Waals surface area contributed by atoms with Gasteiger partial charge in [-0.2, -0.15) is 0 Å². The fourth-order valence-electron chi connectivity index (χ4n) is 1.50. The highest BCUT2D eigenvalue weighted by atomic mass is 35.5. The topological polar surface area (TPSA) is 53.1 Å². The molecule has 0 fully saturated rings. The highest BCUT2D eigenvalue weighted by molar-refractivity contribution is 6.31. The minimum Gasteiger partial charge on any atom is -0.477 e. The van der Waals surface area contributed by atoms with E-state index < -0.39 is 5.97 Å². The van der Waals surface area contributed by atoms with Crippen LogP contribution in [0.1, 0.15) is 16.1 Å². The number of aromatic nitrogens is 1. The van der Waals surface area contributed by atoms with Crippen molar-refractivity contribution in [1.29, 1.82) is 0 Å². The third-order valence-corrected chi connectivity index (χ3v) is 2.34. The van der Waals surface area contributed by atoms with E-state index in [0.29, 0.717) is 5.02 Å². The van der Waals surface area contributed by atoms with Gasteiger partial charge in [0.15, 0.2) is 0 Å². The Morgan fingerprint density at radius 2 is 2.14 bits per heavy atom. The Labute approximate surface area is 85.3 Å². The molecule has 0 spiro atoms. The van der Waals surface area contributed by atoms with Gasteiger partial charge in [0.05, 0.1) is 0 Å². The summed E-state index contributed by atoms with van der Waals surface area (Å²) in [6.45, 7) is 1.89. The molecular formula is C10H8ClNO2. The number of hydrogen-bond donors (Lipinski definition) is 2. The molecule has 0 unspecified atom stereocenters. The van der Waals surface area contributed by atoms with Crippen molar-refractivity contribution in [3.05, 3.63) is 34.5 Å². The molecule has 0 saturated carbocycles. The summed E-state index contributed by atoms with van der Waals surface area (Å²) in [5.41, 5.74) is 1.96. The fourth-order valence-corrected chi connectivity index (χ4v) is 1.78. The quantitative estimate of drug-likeness (QED) is 0.759. The molecule has 0 aliphatic carbocycles. The predicted molar refractivity (Wildman–Crippen MR) is 55.0 cm³/mol. The van der Waals surface area contributed by atoms with E-state index in [2.05, 4.69) is 4.98 Å². The second-order valence-corrected chi connectivity index (χ2v) is 3.61. The molecule has 0 saturated heterocycles. The summed E-state index contributed by atoms with van der Waals surface area (Å²) in [5.74, 6) is -0.961. The second kappa shape index (κ2) is 3.03. The first-order valence-electron chi connectivity index (χ1n) is 4.10. The number of carboxylic acids is 1. The molecule has 0 aliphatic heterocycles. The Morgan fingerprint density at radius 1 is 1.43 bits per heavy atom. The lowest BCUT2D eigenvalue weighted by Gasteiger charge is -1.96. The molecular weight excluding hydrogens is 202 g/mol. The number of halogens is 1. The molecule has 4 heteroatoms. The van der Waals surface area contributed by atoms with Gasteiger partial charge in [0.1, 0.15) is 5.69 Å². The van der Waals surface area contributed by atoms with Crippen LogP contribution in [0.15, 0.2) is 18.2 Å². The minimum absolute atomic E-state index is 0.186. The molecule has 2 rings (SSSR count). The zero-order valence-corrected chi connectivity index (χ0v) is 8.22. The molecule has 72 valence electrons. The van der Waals surface area contributed by atoms with E-state index in [9.17, 15) is 4.79 Å². The van der Waals surface area contributed by atoms with Gasteiger partial charge < -0.3 is 10.1 Å². The maximum atomic E-state index is 10.7. The summed E-state index contributed by atoms with van der Waals surface area (Å²) < 4.78 is 0. The van der Waals surface area contributed by atoms with Crippen molar-refractivity contribution in [2.75, 3.05) is 0 Å². The number of carboxylic acid groups (broad SMARTS) is 1. The summed E-state index contributed by atoms with van der Waals surface area (Å²) in [6.07, 6.45) is 0. The number of nitrogens with one attached hydrogen (secondary N) is 1. The summed E-state index contributed by atoms with van der Waals surface area (Å²) in [5, 5.41) is 10.2. The third kappa shape index (κ3) is 1.36. The fraction of sp³-hybridized carbons (Fsp3) is 0.100. The monoisotopic (exact) mass is 209 g/mol. The van der Waals surface area contributed by atoms with E-state index in [1.165, 1.54) is 0 Å². The average Bonchev–Trinajstić information content (AvgIpc) is 2.47. The van der Waals surface area contributed by atoms with Crippen LogP contribution in [-0.2, 0) is 0 Å². The van der Waals surface area contributed by atoms with Crippen LogP contribution in [0.5, 0.6) is 0 Å². The molecule has 1 aromatic heterocycles.